The van der Waals surface area contributed by atoms with Gasteiger partial charge in [-0.3, -0.25) is 14.5 Å². The van der Waals surface area contributed by atoms with E-state index in [9.17, 15) is 9.59 Å². The lowest BCUT2D eigenvalue weighted by atomic mass is 10.2. The van der Waals surface area contributed by atoms with Crippen LogP contribution in [0.5, 0.6) is 5.75 Å². The van der Waals surface area contributed by atoms with Crippen molar-refractivity contribution in [2.24, 2.45) is 0 Å². The molecule has 1 unspecified atom stereocenters. The number of ether oxygens (including phenoxy) is 2. The van der Waals surface area contributed by atoms with Gasteiger partial charge in [-0.2, -0.15) is 0 Å². The third-order valence-electron chi connectivity index (χ3n) is 5.31. The molecule has 2 aliphatic heterocycles. The SMILES string of the molecule is CC(C(=O)Nc1ccc(OCC(=O)N2CCOCC2)cc1)N1CCN(C)CC1. The highest BCUT2D eigenvalue weighted by Gasteiger charge is 2.24. The molecule has 2 heterocycles. The number of nitrogens with one attached hydrogen (secondary N) is 1. The molecule has 8 heteroatoms. The van der Waals surface area contributed by atoms with Crippen molar-refractivity contribution in [3.8, 4) is 5.75 Å². The van der Waals surface area contributed by atoms with Crippen LogP contribution in [0, 0.1) is 0 Å². The lowest BCUT2D eigenvalue weighted by Gasteiger charge is -2.35. The minimum absolute atomic E-state index is 0.00610. The fraction of sp³-hybridized carbons (Fsp3) is 0.600. The smallest absolute Gasteiger partial charge is 0.260 e. The average Bonchev–Trinajstić information content (AvgIpc) is 2.73. The number of hydrogen-bond acceptors (Lipinski definition) is 6. The Kier molecular flexibility index (Phi) is 7.24. The van der Waals surface area contributed by atoms with Crippen LogP contribution in [0.3, 0.4) is 0 Å². The lowest BCUT2D eigenvalue weighted by Crippen LogP contribution is -2.51. The summed E-state index contributed by atoms with van der Waals surface area (Å²) in [6, 6.07) is 6.95. The van der Waals surface area contributed by atoms with Crippen molar-refractivity contribution in [3.05, 3.63) is 24.3 Å². The highest BCUT2D eigenvalue weighted by atomic mass is 16.5. The predicted molar refractivity (Wildman–Crippen MR) is 106 cm³/mol. The summed E-state index contributed by atoms with van der Waals surface area (Å²) in [7, 11) is 2.10. The van der Waals surface area contributed by atoms with E-state index < -0.39 is 0 Å². The van der Waals surface area contributed by atoms with Crippen LogP contribution < -0.4 is 10.1 Å². The number of nitrogens with zero attached hydrogens (tertiary/aromatic N) is 3. The Balaban J connectivity index is 1.44. The quantitative estimate of drug-likeness (QED) is 0.763. The predicted octanol–water partition coefficient (Wildman–Crippen LogP) is 0.499. The van der Waals surface area contributed by atoms with Crippen LogP contribution in [0.2, 0.25) is 0 Å². The van der Waals surface area contributed by atoms with Crippen LogP contribution in [-0.4, -0.2) is 98.7 Å². The maximum atomic E-state index is 12.5. The largest absolute Gasteiger partial charge is 0.484 e. The zero-order chi connectivity index (χ0) is 19.9. The van der Waals surface area contributed by atoms with E-state index in [1.807, 2.05) is 6.92 Å². The molecule has 8 nitrogen and oxygen atoms in total. The first kappa shape index (κ1) is 20.6. The summed E-state index contributed by atoms with van der Waals surface area (Å²) in [5.74, 6) is 0.550. The van der Waals surface area contributed by atoms with Crippen molar-refractivity contribution in [1.29, 1.82) is 0 Å². The molecular weight excluding hydrogens is 360 g/mol. The summed E-state index contributed by atoms with van der Waals surface area (Å²) >= 11 is 0. The molecule has 1 aromatic carbocycles. The van der Waals surface area contributed by atoms with Gasteiger partial charge in [0.1, 0.15) is 5.75 Å². The normalized spacial score (nSPS) is 19.9. The molecular formula is C20H30N4O4. The second-order valence-electron chi connectivity index (χ2n) is 7.31. The zero-order valence-electron chi connectivity index (χ0n) is 16.7. The molecule has 2 saturated heterocycles. The molecule has 1 N–H and O–H groups in total. The molecule has 1 atom stereocenters. The number of benzene rings is 1. The number of rotatable bonds is 6. The Hall–Kier alpha value is -2.16. The van der Waals surface area contributed by atoms with Crippen molar-refractivity contribution in [3.63, 3.8) is 0 Å². The van der Waals surface area contributed by atoms with Gasteiger partial charge in [-0.1, -0.05) is 0 Å². The monoisotopic (exact) mass is 390 g/mol. The maximum Gasteiger partial charge on any atom is 0.260 e. The van der Waals surface area contributed by atoms with Crippen LogP contribution in [0.4, 0.5) is 5.69 Å². The molecule has 3 rings (SSSR count). The zero-order valence-corrected chi connectivity index (χ0v) is 16.7. The van der Waals surface area contributed by atoms with E-state index in [-0.39, 0.29) is 24.5 Å². The number of piperazine rings is 1. The van der Waals surface area contributed by atoms with E-state index in [0.29, 0.717) is 32.1 Å². The fourth-order valence-corrected chi connectivity index (χ4v) is 3.31. The standard InChI is InChI=1S/C20H30N4O4/c1-16(23-9-7-22(2)8-10-23)20(26)21-17-3-5-18(6-4-17)28-15-19(25)24-11-13-27-14-12-24/h3-6,16H,7-15H2,1-2H3,(H,21,26). The van der Waals surface area contributed by atoms with Gasteiger partial charge in [-0.05, 0) is 38.2 Å². The summed E-state index contributed by atoms with van der Waals surface area (Å²) in [5, 5.41) is 2.96. The number of hydrogen-bond donors (Lipinski definition) is 1. The van der Waals surface area contributed by atoms with E-state index in [0.717, 1.165) is 31.9 Å². The van der Waals surface area contributed by atoms with E-state index in [1.165, 1.54) is 0 Å². The van der Waals surface area contributed by atoms with Crippen LogP contribution in [-0.2, 0) is 14.3 Å². The molecule has 2 aliphatic rings. The number of anilines is 1. The molecule has 0 aromatic heterocycles. The molecule has 28 heavy (non-hydrogen) atoms. The maximum absolute atomic E-state index is 12.5. The topological polar surface area (TPSA) is 74.3 Å². The van der Waals surface area contributed by atoms with E-state index >= 15 is 0 Å². The van der Waals surface area contributed by atoms with Crippen molar-refractivity contribution in [2.75, 3.05) is 71.5 Å². The molecule has 0 aliphatic carbocycles. The van der Waals surface area contributed by atoms with Gasteiger partial charge in [0.15, 0.2) is 6.61 Å². The molecule has 2 amide bonds. The van der Waals surface area contributed by atoms with Crippen LogP contribution >= 0.6 is 0 Å². The first-order valence-electron chi connectivity index (χ1n) is 9.85. The van der Waals surface area contributed by atoms with Crippen LogP contribution in [0.15, 0.2) is 24.3 Å². The van der Waals surface area contributed by atoms with E-state index in [2.05, 4.69) is 22.2 Å². The van der Waals surface area contributed by atoms with E-state index in [1.54, 1.807) is 29.2 Å². The van der Waals surface area contributed by atoms with Crippen molar-refractivity contribution in [2.45, 2.75) is 13.0 Å². The Bertz CT molecular complexity index is 653. The van der Waals surface area contributed by atoms with Crippen molar-refractivity contribution in [1.82, 2.24) is 14.7 Å². The number of carbonyl (C=O) groups is 2. The van der Waals surface area contributed by atoms with Gasteiger partial charge >= 0.3 is 0 Å². The molecule has 0 bridgehead atoms. The molecule has 0 radical (unpaired) electrons. The van der Waals surface area contributed by atoms with Gasteiger partial charge < -0.3 is 24.6 Å². The van der Waals surface area contributed by atoms with Gasteiger partial charge in [-0.25, -0.2) is 0 Å². The fourth-order valence-electron chi connectivity index (χ4n) is 3.31. The van der Waals surface area contributed by atoms with Gasteiger partial charge in [0.05, 0.1) is 19.3 Å². The number of amides is 2. The minimum atomic E-state index is -0.171. The van der Waals surface area contributed by atoms with E-state index in [4.69, 9.17) is 9.47 Å². The highest BCUT2D eigenvalue weighted by molar-refractivity contribution is 5.94. The summed E-state index contributed by atoms with van der Waals surface area (Å²) in [6.07, 6.45) is 0. The summed E-state index contributed by atoms with van der Waals surface area (Å²) in [4.78, 5) is 30.8. The van der Waals surface area contributed by atoms with Crippen LogP contribution in [0.25, 0.3) is 0 Å². The summed E-state index contributed by atoms with van der Waals surface area (Å²) < 4.78 is 10.8. The third-order valence-corrected chi connectivity index (χ3v) is 5.31. The first-order valence-corrected chi connectivity index (χ1v) is 9.85. The lowest BCUT2D eigenvalue weighted by molar-refractivity contribution is -0.137. The van der Waals surface area contributed by atoms with Gasteiger partial charge in [-0.15, -0.1) is 0 Å². The molecule has 2 fully saturated rings. The first-order chi connectivity index (χ1) is 13.5. The summed E-state index contributed by atoms with van der Waals surface area (Å²) in [5.41, 5.74) is 0.720. The van der Waals surface area contributed by atoms with Crippen LogP contribution in [0.1, 0.15) is 6.92 Å². The van der Waals surface area contributed by atoms with Crippen molar-refractivity contribution >= 4 is 17.5 Å². The van der Waals surface area contributed by atoms with Crippen molar-refractivity contribution < 1.29 is 19.1 Å². The number of likely N-dealkylation sites (N-methyl/N-ethyl adjacent to an activating group) is 1. The van der Waals surface area contributed by atoms with Gasteiger partial charge in [0.2, 0.25) is 5.91 Å². The Morgan fingerprint density at radius 2 is 1.71 bits per heavy atom. The molecule has 0 saturated carbocycles. The second kappa shape index (κ2) is 9.86. The van der Waals surface area contributed by atoms with Gasteiger partial charge in [0.25, 0.3) is 5.91 Å². The number of morpholine rings is 1. The average molecular weight is 390 g/mol. The Morgan fingerprint density at radius 3 is 2.36 bits per heavy atom. The number of carbonyl (C=O) groups excluding carboxylic acids is 2. The van der Waals surface area contributed by atoms with Gasteiger partial charge in [0, 0.05) is 45.0 Å². The summed E-state index contributed by atoms with van der Waals surface area (Å²) in [6.45, 7) is 8.07. The highest BCUT2D eigenvalue weighted by Crippen LogP contribution is 2.17. The minimum Gasteiger partial charge on any atom is -0.484 e. The second-order valence-corrected chi connectivity index (χ2v) is 7.31. The third kappa shape index (κ3) is 5.67. The Morgan fingerprint density at radius 1 is 1.07 bits per heavy atom. The molecule has 1 aromatic rings. The molecule has 154 valence electrons. The molecule has 0 spiro atoms. The Labute approximate surface area is 166 Å².